The molecule has 1 saturated heterocycles. The van der Waals surface area contributed by atoms with Crippen LogP contribution in [0.3, 0.4) is 0 Å². The second-order valence-electron chi connectivity index (χ2n) is 3.38. The van der Waals surface area contributed by atoms with Crippen molar-refractivity contribution in [2.75, 3.05) is 13.1 Å². The van der Waals surface area contributed by atoms with E-state index in [2.05, 4.69) is 31.4 Å². The third kappa shape index (κ3) is 2.17. The number of nitrogens with zero attached hydrogens (tertiary/aromatic N) is 1. The molecule has 0 aromatic carbocycles. The number of hydrogen-bond acceptors (Lipinski definition) is 2. The van der Waals surface area contributed by atoms with Gasteiger partial charge in [-0.3, -0.25) is 4.90 Å². The fourth-order valence-electron chi connectivity index (χ4n) is 1.45. The average Bonchev–Trinajstić information content (AvgIpc) is 1.88. The molecule has 0 N–H and O–H groups in total. The summed E-state index contributed by atoms with van der Waals surface area (Å²) in [5, 5.41) is 0.621. The van der Waals surface area contributed by atoms with E-state index in [4.69, 9.17) is 0 Å². The molecule has 60 valence electrons. The highest BCUT2D eigenvalue weighted by Crippen LogP contribution is 2.16. The van der Waals surface area contributed by atoms with Crippen LogP contribution >= 0.6 is 12.6 Å². The highest BCUT2D eigenvalue weighted by atomic mass is 32.1. The van der Waals surface area contributed by atoms with E-state index in [1.165, 1.54) is 25.9 Å². The highest BCUT2D eigenvalue weighted by Gasteiger charge is 2.18. The van der Waals surface area contributed by atoms with Gasteiger partial charge in [-0.25, -0.2) is 0 Å². The largest absolute Gasteiger partial charge is 0.300 e. The van der Waals surface area contributed by atoms with Crippen molar-refractivity contribution in [3.05, 3.63) is 0 Å². The summed E-state index contributed by atoms with van der Waals surface area (Å²) in [5.74, 6) is 0. The van der Waals surface area contributed by atoms with E-state index in [9.17, 15) is 0 Å². The molecule has 1 rings (SSSR count). The highest BCUT2D eigenvalue weighted by molar-refractivity contribution is 7.81. The van der Waals surface area contributed by atoms with E-state index < -0.39 is 0 Å². The topological polar surface area (TPSA) is 3.24 Å². The molecule has 1 atom stereocenters. The number of likely N-dealkylation sites (tertiary alicyclic amines) is 1. The lowest BCUT2D eigenvalue weighted by Crippen LogP contribution is -2.40. The van der Waals surface area contributed by atoms with Crippen molar-refractivity contribution in [1.29, 1.82) is 0 Å². The molecule has 0 bridgehead atoms. The van der Waals surface area contributed by atoms with Crippen LogP contribution in [-0.4, -0.2) is 29.3 Å². The standard InChI is InChI=1S/C8H17NS/c1-7(2)9-5-3-4-8(10)6-9/h7-8,10H,3-6H2,1-2H3. The lowest BCUT2D eigenvalue weighted by molar-refractivity contribution is 0.190. The molecule has 1 aliphatic heterocycles. The third-order valence-electron chi connectivity index (χ3n) is 2.16. The van der Waals surface area contributed by atoms with Crippen molar-refractivity contribution in [2.45, 2.75) is 38.0 Å². The monoisotopic (exact) mass is 159 g/mol. The molecule has 0 aliphatic carbocycles. The predicted octanol–water partition coefficient (Wildman–Crippen LogP) is 1.79. The van der Waals surface area contributed by atoms with Gasteiger partial charge in [0, 0.05) is 17.8 Å². The number of piperidine rings is 1. The zero-order valence-corrected chi connectivity index (χ0v) is 7.77. The Morgan fingerprint density at radius 3 is 2.60 bits per heavy atom. The zero-order valence-electron chi connectivity index (χ0n) is 6.88. The quantitative estimate of drug-likeness (QED) is 0.571. The van der Waals surface area contributed by atoms with E-state index >= 15 is 0 Å². The summed E-state index contributed by atoms with van der Waals surface area (Å²) in [4.78, 5) is 2.50. The van der Waals surface area contributed by atoms with E-state index in [1.54, 1.807) is 0 Å². The minimum absolute atomic E-state index is 0.621. The number of thiol groups is 1. The van der Waals surface area contributed by atoms with Crippen molar-refractivity contribution in [3.63, 3.8) is 0 Å². The van der Waals surface area contributed by atoms with Crippen molar-refractivity contribution in [2.24, 2.45) is 0 Å². The lowest BCUT2D eigenvalue weighted by Gasteiger charge is -2.33. The molecule has 2 heteroatoms. The summed E-state index contributed by atoms with van der Waals surface area (Å²) in [7, 11) is 0. The van der Waals surface area contributed by atoms with E-state index in [-0.39, 0.29) is 0 Å². The first-order chi connectivity index (χ1) is 4.70. The van der Waals surface area contributed by atoms with Crippen LogP contribution in [0.1, 0.15) is 26.7 Å². The van der Waals surface area contributed by atoms with Crippen LogP contribution in [0.5, 0.6) is 0 Å². The van der Waals surface area contributed by atoms with Crippen LogP contribution in [0, 0.1) is 0 Å². The molecule has 1 aliphatic rings. The van der Waals surface area contributed by atoms with E-state index in [0.29, 0.717) is 11.3 Å². The molecule has 0 radical (unpaired) electrons. The first-order valence-electron chi connectivity index (χ1n) is 4.12. The summed E-state index contributed by atoms with van der Waals surface area (Å²) in [6.07, 6.45) is 2.62. The second-order valence-corrected chi connectivity index (χ2v) is 4.12. The van der Waals surface area contributed by atoms with Crippen LogP contribution < -0.4 is 0 Å². The Morgan fingerprint density at radius 1 is 1.50 bits per heavy atom. The first kappa shape index (κ1) is 8.41. The summed E-state index contributed by atoms with van der Waals surface area (Å²) < 4.78 is 0. The minimum atomic E-state index is 0.621. The molecular formula is C8H17NS. The van der Waals surface area contributed by atoms with Gasteiger partial charge < -0.3 is 0 Å². The summed E-state index contributed by atoms with van der Waals surface area (Å²) in [6, 6.07) is 0.704. The van der Waals surface area contributed by atoms with Crippen molar-refractivity contribution in [1.82, 2.24) is 4.90 Å². The molecule has 0 saturated carbocycles. The Kier molecular flexibility index (Phi) is 3.05. The summed E-state index contributed by atoms with van der Waals surface area (Å²) in [5.41, 5.74) is 0. The fourth-order valence-corrected chi connectivity index (χ4v) is 1.84. The van der Waals surface area contributed by atoms with Gasteiger partial charge in [-0.2, -0.15) is 12.6 Å². The van der Waals surface area contributed by atoms with Crippen LogP contribution in [0.4, 0.5) is 0 Å². The summed E-state index contributed by atoms with van der Waals surface area (Å²) >= 11 is 4.47. The smallest absolute Gasteiger partial charge is 0.0145 e. The molecule has 1 heterocycles. The first-order valence-corrected chi connectivity index (χ1v) is 4.64. The maximum Gasteiger partial charge on any atom is 0.0145 e. The average molecular weight is 159 g/mol. The van der Waals surface area contributed by atoms with Gasteiger partial charge in [0.15, 0.2) is 0 Å². The molecule has 1 nitrogen and oxygen atoms in total. The Hall–Kier alpha value is 0.310. The Labute approximate surface area is 69.2 Å². The molecule has 0 aromatic rings. The molecule has 0 spiro atoms. The van der Waals surface area contributed by atoms with Crippen molar-refractivity contribution >= 4 is 12.6 Å². The molecule has 0 amide bonds. The van der Waals surface area contributed by atoms with Gasteiger partial charge in [-0.05, 0) is 33.2 Å². The van der Waals surface area contributed by atoms with Crippen molar-refractivity contribution in [3.8, 4) is 0 Å². The van der Waals surface area contributed by atoms with Gasteiger partial charge in [0.2, 0.25) is 0 Å². The number of rotatable bonds is 1. The molecule has 10 heavy (non-hydrogen) atoms. The van der Waals surface area contributed by atoms with Crippen LogP contribution in [0.25, 0.3) is 0 Å². The third-order valence-corrected chi connectivity index (χ3v) is 2.58. The Balaban J connectivity index is 2.32. The molecule has 0 aromatic heterocycles. The van der Waals surface area contributed by atoms with Gasteiger partial charge in [0.05, 0.1) is 0 Å². The molecule has 1 unspecified atom stereocenters. The van der Waals surface area contributed by atoms with Crippen LogP contribution in [-0.2, 0) is 0 Å². The van der Waals surface area contributed by atoms with Crippen LogP contribution in [0.15, 0.2) is 0 Å². The summed E-state index contributed by atoms with van der Waals surface area (Å²) in [6.45, 7) is 6.97. The normalized spacial score (nSPS) is 29.4. The molecule has 1 fully saturated rings. The maximum absolute atomic E-state index is 4.47. The van der Waals surface area contributed by atoms with Gasteiger partial charge >= 0.3 is 0 Å². The van der Waals surface area contributed by atoms with Gasteiger partial charge in [-0.1, -0.05) is 0 Å². The zero-order chi connectivity index (χ0) is 7.56. The van der Waals surface area contributed by atoms with Crippen LogP contribution in [0.2, 0.25) is 0 Å². The second kappa shape index (κ2) is 3.63. The fraction of sp³-hybridized carbons (Fsp3) is 1.00. The number of hydrogen-bond donors (Lipinski definition) is 1. The van der Waals surface area contributed by atoms with Gasteiger partial charge in [0.25, 0.3) is 0 Å². The van der Waals surface area contributed by atoms with E-state index in [0.717, 1.165) is 0 Å². The Morgan fingerprint density at radius 2 is 2.20 bits per heavy atom. The molecular weight excluding hydrogens is 142 g/mol. The van der Waals surface area contributed by atoms with Gasteiger partial charge in [0.1, 0.15) is 0 Å². The van der Waals surface area contributed by atoms with E-state index in [1.807, 2.05) is 0 Å². The lowest BCUT2D eigenvalue weighted by atomic mass is 10.1. The maximum atomic E-state index is 4.47. The van der Waals surface area contributed by atoms with Crippen molar-refractivity contribution < 1.29 is 0 Å². The minimum Gasteiger partial charge on any atom is -0.300 e. The Bertz CT molecular complexity index is 103. The van der Waals surface area contributed by atoms with Gasteiger partial charge in [-0.15, -0.1) is 0 Å². The SMILES string of the molecule is CC(C)N1CCCC(S)C1. The predicted molar refractivity (Wildman–Crippen MR) is 48.7 cm³/mol.